The Morgan fingerprint density at radius 1 is 1.08 bits per heavy atom. The number of anilines is 1. The van der Waals surface area contributed by atoms with Gasteiger partial charge in [-0.1, -0.05) is 18.6 Å². The van der Waals surface area contributed by atoms with Crippen LogP contribution in [0.3, 0.4) is 0 Å². The smallest absolute Gasteiger partial charge is 0.426 e. The molecule has 1 aromatic carbocycles. The normalized spacial score (nSPS) is 17.5. The number of amides is 1. The van der Waals surface area contributed by atoms with Crippen molar-refractivity contribution in [3.05, 3.63) is 57.3 Å². The van der Waals surface area contributed by atoms with E-state index in [0.717, 1.165) is 19.3 Å². The number of rotatable bonds is 4. The van der Waals surface area contributed by atoms with Gasteiger partial charge in [-0.15, -0.1) is 0 Å². The van der Waals surface area contributed by atoms with Crippen LogP contribution in [0.5, 0.6) is 0 Å². The maximum Gasteiger partial charge on any atom is 0.434 e. The average Bonchev–Trinajstić information content (AvgIpc) is 2.74. The molecular weight excluding hydrogens is 501 g/mol. The predicted molar refractivity (Wildman–Crippen MR) is 111 cm³/mol. The van der Waals surface area contributed by atoms with Crippen molar-refractivity contribution < 1.29 is 40.3 Å². The molecule has 14 heteroatoms. The summed E-state index contributed by atoms with van der Waals surface area (Å²) in [7, 11) is 0. The third kappa shape index (κ3) is 4.98. The molecule has 0 saturated heterocycles. The molecule has 0 radical (unpaired) electrons. The Morgan fingerprint density at radius 3 is 2.22 bits per heavy atom. The van der Waals surface area contributed by atoms with Gasteiger partial charge < -0.3 is 15.4 Å². The lowest BCUT2D eigenvalue weighted by Gasteiger charge is -2.37. The maximum atomic E-state index is 13.5. The van der Waals surface area contributed by atoms with Crippen LogP contribution in [-0.4, -0.2) is 45.5 Å². The number of nitrogens with two attached hydrogens (primary N) is 1. The highest BCUT2D eigenvalue weighted by Crippen LogP contribution is 2.41. The minimum absolute atomic E-state index is 0.0343. The Balaban J connectivity index is 1.62. The molecule has 2 heterocycles. The fraction of sp³-hybridized carbons (Fsp3) is 0.500. The number of alkyl halides is 6. The van der Waals surface area contributed by atoms with Crippen LogP contribution in [0.15, 0.2) is 29.1 Å². The van der Waals surface area contributed by atoms with E-state index in [1.54, 1.807) is 12.1 Å². The zero-order chi connectivity index (χ0) is 26.4. The minimum atomic E-state index is -5.85. The van der Waals surface area contributed by atoms with Gasteiger partial charge in [-0.2, -0.15) is 26.3 Å². The van der Waals surface area contributed by atoms with Crippen molar-refractivity contribution in [3.63, 3.8) is 0 Å². The third-order valence-electron chi connectivity index (χ3n) is 6.45. The van der Waals surface area contributed by atoms with Gasteiger partial charge in [-0.3, -0.25) is 9.36 Å². The molecular formula is C22H21F7N4O3. The second-order valence-electron chi connectivity index (χ2n) is 8.78. The number of nitrogen functional groups attached to an aromatic ring is 1. The lowest BCUT2D eigenvalue weighted by atomic mass is 9.77. The van der Waals surface area contributed by atoms with Crippen molar-refractivity contribution in [2.24, 2.45) is 5.92 Å². The van der Waals surface area contributed by atoms with Crippen molar-refractivity contribution in [1.29, 1.82) is 0 Å². The minimum Gasteiger partial charge on any atom is -0.426 e. The van der Waals surface area contributed by atoms with E-state index in [1.165, 1.54) is 16.7 Å². The first kappa shape index (κ1) is 25.8. The van der Waals surface area contributed by atoms with Gasteiger partial charge in [0.1, 0.15) is 5.82 Å². The molecule has 7 nitrogen and oxygen atoms in total. The van der Waals surface area contributed by atoms with Gasteiger partial charge in [0.2, 0.25) is 5.95 Å². The number of carbonyl (C=O) groups excluding carboxylic acids is 1. The molecule has 1 saturated carbocycles. The Kier molecular flexibility index (Phi) is 6.64. The highest BCUT2D eigenvalue weighted by Gasteiger charge is 2.60. The molecule has 1 fully saturated rings. The van der Waals surface area contributed by atoms with E-state index in [1.807, 2.05) is 0 Å². The van der Waals surface area contributed by atoms with Crippen LogP contribution in [0.25, 0.3) is 0 Å². The molecule has 1 aliphatic heterocycles. The van der Waals surface area contributed by atoms with E-state index in [9.17, 15) is 40.3 Å². The predicted octanol–water partition coefficient (Wildman–Crippen LogP) is 4.34. The summed E-state index contributed by atoms with van der Waals surface area (Å²) < 4.78 is 95.1. The standard InChI is InChI=1S/C22H21F7N4O3/c23-13-6-4-12(5-7-13)16(11-2-1-3-11)33-17(34)14-8-9-32(10-15(14)31-19(33)30)20(35)36-18(21(24,25)26)22(27,28)29/h4-7,11,16,18H,1-3,8-10H2,(H2,30,31). The van der Waals surface area contributed by atoms with Crippen LogP contribution in [0.1, 0.15) is 42.1 Å². The zero-order valence-electron chi connectivity index (χ0n) is 18.6. The van der Waals surface area contributed by atoms with Crippen LogP contribution in [0.4, 0.5) is 41.5 Å². The fourth-order valence-corrected chi connectivity index (χ4v) is 4.49. The van der Waals surface area contributed by atoms with E-state index >= 15 is 0 Å². The largest absolute Gasteiger partial charge is 0.434 e. The maximum absolute atomic E-state index is 13.5. The molecule has 1 aromatic heterocycles. The number of hydrogen-bond donors (Lipinski definition) is 1. The Labute approximate surface area is 199 Å². The fourth-order valence-electron chi connectivity index (χ4n) is 4.49. The lowest BCUT2D eigenvalue weighted by molar-refractivity contribution is -0.308. The van der Waals surface area contributed by atoms with E-state index < -0.39 is 48.5 Å². The number of nitrogens with zero attached hydrogens (tertiary/aromatic N) is 3. The number of carbonyl (C=O) groups is 1. The van der Waals surface area contributed by atoms with Gasteiger partial charge in [0, 0.05) is 12.1 Å². The second-order valence-corrected chi connectivity index (χ2v) is 8.78. The second kappa shape index (κ2) is 9.28. The van der Waals surface area contributed by atoms with E-state index in [-0.39, 0.29) is 36.1 Å². The summed E-state index contributed by atoms with van der Waals surface area (Å²) >= 11 is 0. The molecule has 1 aliphatic carbocycles. The number of aromatic nitrogens is 2. The average molecular weight is 522 g/mol. The molecule has 1 unspecified atom stereocenters. The molecule has 2 aliphatic rings. The molecule has 196 valence electrons. The summed E-state index contributed by atoms with van der Waals surface area (Å²) in [5, 5.41) is 0. The summed E-state index contributed by atoms with van der Waals surface area (Å²) in [6.07, 6.45) is -15.5. The van der Waals surface area contributed by atoms with Crippen molar-refractivity contribution in [2.45, 2.75) is 56.7 Å². The van der Waals surface area contributed by atoms with Crippen LogP contribution in [0, 0.1) is 11.7 Å². The van der Waals surface area contributed by atoms with Crippen LogP contribution >= 0.6 is 0 Å². The number of ether oxygens (including phenoxy) is 1. The molecule has 2 N–H and O–H groups in total. The SMILES string of the molecule is Nc1nc2c(c(=O)n1C(c1ccc(F)cc1)C1CCC1)CCN(C(=O)OC(C(F)(F)F)C(F)(F)F)C2. The van der Waals surface area contributed by atoms with Crippen molar-refractivity contribution >= 4 is 12.0 Å². The zero-order valence-corrected chi connectivity index (χ0v) is 18.6. The first-order valence-corrected chi connectivity index (χ1v) is 11.0. The Morgan fingerprint density at radius 2 is 1.69 bits per heavy atom. The highest BCUT2D eigenvalue weighted by atomic mass is 19.4. The van der Waals surface area contributed by atoms with Crippen LogP contribution in [0.2, 0.25) is 0 Å². The van der Waals surface area contributed by atoms with E-state index in [2.05, 4.69) is 9.72 Å². The van der Waals surface area contributed by atoms with Crippen LogP contribution < -0.4 is 11.3 Å². The number of benzene rings is 1. The van der Waals surface area contributed by atoms with Gasteiger partial charge in [0.25, 0.3) is 11.7 Å². The monoisotopic (exact) mass is 522 g/mol. The number of halogens is 7. The number of fused-ring (bicyclic) bond motifs is 1. The molecule has 36 heavy (non-hydrogen) atoms. The van der Waals surface area contributed by atoms with Gasteiger partial charge in [0.05, 0.1) is 18.3 Å². The van der Waals surface area contributed by atoms with E-state index in [0.29, 0.717) is 10.5 Å². The quantitative estimate of drug-likeness (QED) is 0.604. The molecule has 1 atom stereocenters. The summed E-state index contributed by atoms with van der Waals surface area (Å²) in [4.78, 5) is 30.3. The van der Waals surface area contributed by atoms with Gasteiger partial charge >= 0.3 is 18.4 Å². The van der Waals surface area contributed by atoms with Gasteiger partial charge in [-0.05, 0) is 42.9 Å². The Bertz CT molecular complexity index is 1180. The molecule has 0 bridgehead atoms. The summed E-state index contributed by atoms with van der Waals surface area (Å²) in [5.41, 5.74) is 6.30. The molecule has 2 aromatic rings. The third-order valence-corrected chi connectivity index (χ3v) is 6.45. The van der Waals surface area contributed by atoms with Gasteiger partial charge in [-0.25, -0.2) is 14.2 Å². The van der Waals surface area contributed by atoms with Gasteiger partial charge in [0.15, 0.2) is 0 Å². The lowest BCUT2D eigenvalue weighted by Crippen LogP contribution is -2.49. The summed E-state index contributed by atoms with van der Waals surface area (Å²) in [6, 6.07) is 5.06. The molecule has 4 rings (SSSR count). The highest BCUT2D eigenvalue weighted by molar-refractivity contribution is 5.68. The number of hydrogen-bond acceptors (Lipinski definition) is 5. The van der Waals surface area contributed by atoms with Crippen molar-refractivity contribution in [2.75, 3.05) is 12.3 Å². The first-order valence-electron chi connectivity index (χ1n) is 11.0. The van der Waals surface area contributed by atoms with Crippen LogP contribution in [-0.2, 0) is 17.7 Å². The summed E-state index contributed by atoms with van der Waals surface area (Å²) in [6.45, 7) is -0.915. The Hall–Kier alpha value is -3.32. The molecule has 1 amide bonds. The van der Waals surface area contributed by atoms with E-state index in [4.69, 9.17) is 5.73 Å². The van der Waals surface area contributed by atoms with Crippen molar-refractivity contribution in [3.8, 4) is 0 Å². The molecule has 0 spiro atoms. The summed E-state index contributed by atoms with van der Waals surface area (Å²) in [5.74, 6) is -0.661. The first-order chi connectivity index (χ1) is 16.8. The topological polar surface area (TPSA) is 90.5 Å². The van der Waals surface area contributed by atoms with Crippen molar-refractivity contribution in [1.82, 2.24) is 14.5 Å².